The Balaban J connectivity index is 2.59. The number of aromatic nitrogens is 3. The number of hydrogen-bond donors (Lipinski definition) is 0. The zero-order valence-corrected chi connectivity index (χ0v) is 9.88. The van der Waals surface area contributed by atoms with Crippen molar-refractivity contribution >= 4 is 11.6 Å². The van der Waals surface area contributed by atoms with Crippen LogP contribution >= 0.6 is 11.6 Å². The molecular formula is C11H10ClF2N3. The molecule has 1 heterocycles. The standard InChI is InChI=1S/C11H10ClF2N3/c1-2-17-10(6-12)15-16-11(17)8-5-7(13)3-4-9(8)14/h3-5H,2,6H2,1H3. The predicted molar refractivity (Wildman–Crippen MR) is 60.6 cm³/mol. The first-order valence-corrected chi connectivity index (χ1v) is 5.64. The summed E-state index contributed by atoms with van der Waals surface area (Å²) in [5.74, 6) is -0.0420. The topological polar surface area (TPSA) is 30.7 Å². The Kier molecular flexibility index (Phi) is 3.38. The van der Waals surface area contributed by atoms with E-state index in [-0.39, 0.29) is 11.4 Å². The SMILES string of the molecule is CCn1c(CCl)nnc1-c1cc(F)ccc1F. The van der Waals surface area contributed by atoms with Gasteiger partial charge in [0, 0.05) is 6.54 Å². The summed E-state index contributed by atoms with van der Waals surface area (Å²) in [4.78, 5) is 0. The molecular weight excluding hydrogens is 248 g/mol. The van der Waals surface area contributed by atoms with Crippen molar-refractivity contribution in [1.82, 2.24) is 14.8 Å². The van der Waals surface area contributed by atoms with Gasteiger partial charge in [-0.05, 0) is 25.1 Å². The fourth-order valence-corrected chi connectivity index (χ4v) is 1.83. The van der Waals surface area contributed by atoms with E-state index in [1.807, 2.05) is 6.92 Å². The lowest BCUT2D eigenvalue weighted by Gasteiger charge is -2.06. The van der Waals surface area contributed by atoms with Gasteiger partial charge >= 0.3 is 0 Å². The summed E-state index contributed by atoms with van der Waals surface area (Å²) < 4.78 is 28.4. The van der Waals surface area contributed by atoms with Gasteiger partial charge in [-0.15, -0.1) is 21.8 Å². The summed E-state index contributed by atoms with van der Waals surface area (Å²) in [6, 6.07) is 3.23. The maximum Gasteiger partial charge on any atom is 0.167 e. The van der Waals surface area contributed by atoms with Crippen LogP contribution in [0.4, 0.5) is 8.78 Å². The molecule has 17 heavy (non-hydrogen) atoms. The molecule has 2 rings (SSSR count). The van der Waals surface area contributed by atoms with Crippen molar-refractivity contribution in [3.05, 3.63) is 35.7 Å². The smallest absolute Gasteiger partial charge is 0.167 e. The van der Waals surface area contributed by atoms with Gasteiger partial charge in [-0.2, -0.15) is 0 Å². The van der Waals surface area contributed by atoms with Crippen LogP contribution in [0.5, 0.6) is 0 Å². The summed E-state index contributed by atoms with van der Waals surface area (Å²) in [6.45, 7) is 2.40. The maximum atomic E-state index is 13.6. The van der Waals surface area contributed by atoms with E-state index in [1.54, 1.807) is 4.57 Å². The molecule has 0 aliphatic carbocycles. The van der Waals surface area contributed by atoms with Gasteiger partial charge < -0.3 is 4.57 Å². The molecule has 0 atom stereocenters. The highest BCUT2D eigenvalue weighted by Gasteiger charge is 2.15. The number of benzene rings is 1. The van der Waals surface area contributed by atoms with Gasteiger partial charge in [-0.1, -0.05) is 0 Å². The van der Waals surface area contributed by atoms with Crippen LogP contribution in [0, 0.1) is 11.6 Å². The fraction of sp³-hybridized carbons (Fsp3) is 0.273. The van der Waals surface area contributed by atoms with Crippen LogP contribution in [-0.2, 0) is 12.4 Å². The Morgan fingerprint density at radius 1 is 1.29 bits per heavy atom. The molecule has 3 nitrogen and oxygen atoms in total. The van der Waals surface area contributed by atoms with Crippen LogP contribution in [0.3, 0.4) is 0 Å². The van der Waals surface area contributed by atoms with Crippen molar-refractivity contribution in [2.24, 2.45) is 0 Å². The van der Waals surface area contributed by atoms with Crippen molar-refractivity contribution in [2.75, 3.05) is 0 Å². The van der Waals surface area contributed by atoms with Gasteiger partial charge in [0.2, 0.25) is 0 Å². The minimum atomic E-state index is -0.533. The van der Waals surface area contributed by atoms with Crippen LogP contribution in [0.25, 0.3) is 11.4 Å². The second-order valence-electron chi connectivity index (χ2n) is 3.44. The molecule has 0 spiro atoms. The van der Waals surface area contributed by atoms with Gasteiger partial charge in [-0.25, -0.2) is 8.78 Å². The van der Waals surface area contributed by atoms with Gasteiger partial charge in [0.25, 0.3) is 0 Å². The van der Waals surface area contributed by atoms with Gasteiger partial charge in [0.15, 0.2) is 5.82 Å². The van der Waals surface area contributed by atoms with Crippen LogP contribution in [0.15, 0.2) is 18.2 Å². The van der Waals surface area contributed by atoms with Gasteiger partial charge in [-0.3, -0.25) is 0 Å². The molecule has 0 radical (unpaired) electrons. The van der Waals surface area contributed by atoms with E-state index in [1.165, 1.54) is 0 Å². The lowest BCUT2D eigenvalue weighted by Crippen LogP contribution is -2.03. The Morgan fingerprint density at radius 2 is 2.06 bits per heavy atom. The van der Waals surface area contributed by atoms with Crippen LogP contribution in [0.2, 0.25) is 0 Å². The minimum Gasteiger partial charge on any atom is -0.310 e. The van der Waals surface area contributed by atoms with Crippen LogP contribution in [-0.4, -0.2) is 14.8 Å². The highest BCUT2D eigenvalue weighted by Crippen LogP contribution is 2.23. The molecule has 0 amide bonds. The number of nitrogens with zero attached hydrogens (tertiary/aromatic N) is 3. The molecule has 0 aliphatic rings. The van der Waals surface area contributed by atoms with E-state index in [4.69, 9.17) is 11.6 Å². The first-order chi connectivity index (χ1) is 8.17. The zero-order valence-electron chi connectivity index (χ0n) is 9.12. The van der Waals surface area contributed by atoms with E-state index in [9.17, 15) is 8.78 Å². The zero-order chi connectivity index (χ0) is 12.4. The number of hydrogen-bond acceptors (Lipinski definition) is 2. The van der Waals surface area contributed by atoms with Crippen molar-refractivity contribution < 1.29 is 8.78 Å². The third-order valence-electron chi connectivity index (χ3n) is 2.43. The summed E-state index contributed by atoms with van der Waals surface area (Å²) >= 11 is 5.69. The lowest BCUT2D eigenvalue weighted by atomic mass is 10.2. The Bertz CT molecular complexity index is 540. The molecule has 0 bridgehead atoms. The Hall–Kier alpha value is -1.49. The second-order valence-corrected chi connectivity index (χ2v) is 3.71. The highest BCUT2D eigenvalue weighted by atomic mass is 35.5. The maximum absolute atomic E-state index is 13.6. The third kappa shape index (κ3) is 2.15. The lowest BCUT2D eigenvalue weighted by molar-refractivity contribution is 0.600. The molecule has 0 N–H and O–H groups in total. The molecule has 0 saturated heterocycles. The molecule has 0 aliphatic heterocycles. The molecule has 1 aromatic carbocycles. The Labute approximate surface area is 102 Å². The highest BCUT2D eigenvalue weighted by molar-refractivity contribution is 6.16. The van der Waals surface area contributed by atoms with Crippen molar-refractivity contribution in [2.45, 2.75) is 19.3 Å². The summed E-state index contributed by atoms with van der Waals surface area (Å²) in [5, 5.41) is 7.70. The number of halogens is 3. The Morgan fingerprint density at radius 3 is 2.71 bits per heavy atom. The van der Waals surface area contributed by atoms with Crippen molar-refractivity contribution in [1.29, 1.82) is 0 Å². The van der Waals surface area contributed by atoms with E-state index in [0.29, 0.717) is 18.2 Å². The van der Waals surface area contributed by atoms with Crippen molar-refractivity contribution in [3.63, 3.8) is 0 Å². The summed E-state index contributed by atoms with van der Waals surface area (Å²) in [6.07, 6.45) is 0. The van der Waals surface area contributed by atoms with Gasteiger partial charge in [0.1, 0.15) is 17.5 Å². The molecule has 6 heteroatoms. The fourth-order valence-electron chi connectivity index (χ4n) is 1.63. The normalized spacial score (nSPS) is 10.8. The number of rotatable bonds is 3. The van der Waals surface area contributed by atoms with Crippen LogP contribution < -0.4 is 0 Å². The molecule has 0 saturated carbocycles. The van der Waals surface area contributed by atoms with Crippen molar-refractivity contribution in [3.8, 4) is 11.4 Å². The molecule has 0 unspecified atom stereocenters. The average molecular weight is 258 g/mol. The third-order valence-corrected chi connectivity index (χ3v) is 2.67. The second kappa shape index (κ2) is 4.79. The van der Waals surface area contributed by atoms with E-state index < -0.39 is 11.6 Å². The first-order valence-electron chi connectivity index (χ1n) is 5.10. The molecule has 90 valence electrons. The quantitative estimate of drug-likeness (QED) is 0.792. The minimum absolute atomic E-state index is 0.0933. The largest absolute Gasteiger partial charge is 0.310 e. The molecule has 0 fully saturated rings. The first kappa shape index (κ1) is 12.0. The monoisotopic (exact) mass is 257 g/mol. The average Bonchev–Trinajstić information content (AvgIpc) is 2.74. The number of alkyl halides is 1. The molecule has 1 aromatic heterocycles. The van der Waals surface area contributed by atoms with E-state index in [0.717, 1.165) is 18.2 Å². The summed E-state index contributed by atoms with van der Waals surface area (Å²) in [7, 11) is 0. The van der Waals surface area contributed by atoms with Gasteiger partial charge in [0.05, 0.1) is 11.4 Å². The molecule has 2 aromatic rings. The predicted octanol–water partition coefficient (Wildman–Crippen LogP) is 2.98. The summed E-state index contributed by atoms with van der Waals surface area (Å²) in [5.41, 5.74) is 0.0933. The van der Waals surface area contributed by atoms with E-state index in [2.05, 4.69) is 10.2 Å². The van der Waals surface area contributed by atoms with E-state index >= 15 is 0 Å². The van der Waals surface area contributed by atoms with Crippen LogP contribution in [0.1, 0.15) is 12.7 Å².